The molecule has 0 fully saturated rings. The van der Waals surface area contributed by atoms with Gasteiger partial charge in [0, 0.05) is 26.8 Å². The van der Waals surface area contributed by atoms with E-state index in [2.05, 4.69) is 22.6 Å². The summed E-state index contributed by atoms with van der Waals surface area (Å²) in [6, 6.07) is 3.87. The van der Waals surface area contributed by atoms with E-state index < -0.39 is 0 Å². The summed E-state index contributed by atoms with van der Waals surface area (Å²) in [6.07, 6.45) is 0. The summed E-state index contributed by atoms with van der Waals surface area (Å²) in [7, 11) is 0. The normalized spacial score (nSPS) is 10.4. The minimum absolute atomic E-state index is 0.133. The Morgan fingerprint density at radius 2 is 1.86 bits per heavy atom. The van der Waals surface area contributed by atoms with Crippen LogP contribution in [-0.2, 0) is 0 Å². The fourth-order valence-electron chi connectivity index (χ4n) is 1.16. The standard InChI is InChI=1S/C10H7IOS2/c1-6-2-7(4-13-6)10(12)8-3-9(11)14-5-8/h2-5H,1H3. The summed E-state index contributed by atoms with van der Waals surface area (Å²) in [5, 5.41) is 3.83. The zero-order valence-corrected chi connectivity index (χ0v) is 11.2. The topological polar surface area (TPSA) is 17.1 Å². The van der Waals surface area contributed by atoms with Crippen LogP contribution in [0, 0.1) is 9.81 Å². The minimum Gasteiger partial charge on any atom is -0.289 e. The third kappa shape index (κ3) is 2.07. The molecule has 1 nitrogen and oxygen atoms in total. The van der Waals surface area contributed by atoms with Crippen molar-refractivity contribution in [3.63, 3.8) is 0 Å². The molecule has 2 aromatic rings. The second-order valence-electron chi connectivity index (χ2n) is 2.91. The van der Waals surface area contributed by atoms with E-state index in [-0.39, 0.29) is 5.78 Å². The lowest BCUT2D eigenvalue weighted by molar-refractivity contribution is 0.103. The lowest BCUT2D eigenvalue weighted by atomic mass is 10.1. The third-order valence-electron chi connectivity index (χ3n) is 1.82. The second-order valence-corrected chi connectivity index (χ2v) is 6.84. The molecular weight excluding hydrogens is 327 g/mol. The van der Waals surface area contributed by atoms with Crippen molar-refractivity contribution in [1.29, 1.82) is 0 Å². The zero-order chi connectivity index (χ0) is 10.1. The van der Waals surface area contributed by atoms with E-state index in [0.717, 1.165) is 14.0 Å². The van der Waals surface area contributed by atoms with Crippen molar-refractivity contribution < 1.29 is 4.79 Å². The molecule has 0 aliphatic heterocycles. The zero-order valence-electron chi connectivity index (χ0n) is 7.41. The lowest BCUT2D eigenvalue weighted by Gasteiger charge is -1.91. The molecule has 0 saturated heterocycles. The highest BCUT2D eigenvalue weighted by Crippen LogP contribution is 2.21. The van der Waals surface area contributed by atoms with Gasteiger partial charge in [-0.05, 0) is 41.6 Å². The van der Waals surface area contributed by atoms with Crippen LogP contribution in [0.2, 0.25) is 0 Å². The van der Waals surface area contributed by atoms with Crippen LogP contribution in [0.3, 0.4) is 0 Å². The Kier molecular flexibility index (Phi) is 3.04. The first-order valence-corrected chi connectivity index (χ1v) is 6.84. The monoisotopic (exact) mass is 334 g/mol. The predicted octanol–water partition coefficient (Wildman–Crippen LogP) is 3.95. The van der Waals surface area contributed by atoms with Gasteiger partial charge in [-0.25, -0.2) is 0 Å². The fourth-order valence-corrected chi connectivity index (χ4v) is 3.17. The van der Waals surface area contributed by atoms with Crippen LogP contribution in [0.5, 0.6) is 0 Å². The van der Waals surface area contributed by atoms with Gasteiger partial charge in [0.05, 0.1) is 2.88 Å². The van der Waals surface area contributed by atoms with E-state index in [1.54, 1.807) is 22.7 Å². The van der Waals surface area contributed by atoms with E-state index in [4.69, 9.17) is 0 Å². The van der Waals surface area contributed by atoms with Gasteiger partial charge in [-0.1, -0.05) is 0 Å². The van der Waals surface area contributed by atoms with Crippen molar-refractivity contribution in [3.8, 4) is 0 Å². The van der Waals surface area contributed by atoms with Gasteiger partial charge in [0.1, 0.15) is 0 Å². The van der Waals surface area contributed by atoms with Crippen LogP contribution in [0.25, 0.3) is 0 Å². The Bertz CT molecular complexity index is 428. The SMILES string of the molecule is Cc1cc(C(=O)c2csc(I)c2)cs1. The Hall–Kier alpha value is -0.200. The predicted molar refractivity (Wildman–Crippen MR) is 69.5 cm³/mol. The number of ketones is 1. The Morgan fingerprint density at radius 3 is 2.36 bits per heavy atom. The van der Waals surface area contributed by atoms with Gasteiger partial charge < -0.3 is 0 Å². The average Bonchev–Trinajstić information content (AvgIpc) is 2.73. The summed E-state index contributed by atoms with van der Waals surface area (Å²) >= 11 is 5.45. The van der Waals surface area contributed by atoms with E-state index >= 15 is 0 Å². The molecule has 2 heterocycles. The molecular formula is C10H7IOS2. The first kappa shape index (κ1) is 10.3. The summed E-state index contributed by atoms with van der Waals surface area (Å²) in [5.41, 5.74) is 1.61. The maximum absolute atomic E-state index is 11.9. The van der Waals surface area contributed by atoms with Gasteiger partial charge in [0.25, 0.3) is 0 Å². The maximum atomic E-state index is 11.9. The van der Waals surface area contributed by atoms with Crippen molar-refractivity contribution in [1.82, 2.24) is 0 Å². The quantitative estimate of drug-likeness (QED) is 0.600. The van der Waals surface area contributed by atoms with Crippen molar-refractivity contribution in [2.45, 2.75) is 6.92 Å². The van der Waals surface area contributed by atoms with Crippen LogP contribution in [0.15, 0.2) is 22.9 Å². The average molecular weight is 334 g/mol. The number of carbonyl (C=O) groups is 1. The number of thiophene rings is 2. The number of halogens is 1. The Labute approximate surface area is 104 Å². The van der Waals surface area contributed by atoms with Crippen molar-refractivity contribution in [2.24, 2.45) is 0 Å². The molecule has 0 saturated carbocycles. The van der Waals surface area contributed by atoms with Crippen molar-refractivity contribution in [3.05, 3.63) is 41.8 Å². The fraction of sp³-hybridized carbons (Fsp3) is 0.100. The Morgan fingerprint density at radius 1 is 1.21 bits per heavy atom. The number of carbonyl (C=O) groups excluding carboxylic acids is 1. The third-order valence-corrected chi connectivity index (χ3v) is 4.47. The maximum Gasteiger partial charge on any atom is 0.194 e. The number of aryl methyl sites for hydroxylation is 1. The molecule has 0 atom stereocenters. The van der Waals surface area contributed by atoms with E-state index in [1.165, 1.54) is 4.88 Å². The van der Waals surface area contributed by atoms with Gasteiger partial charge in [-0.3, -0.25) is 4.79 Å². The van der Waals surface area contributed by atoms with Gasteiger partial charge in [0.15, 0.2) is 5.78 Å². The van der Waals surface area contributed by atoms with Gasteiger partial charge >= 0.3 is 0 Å². The highest BCUT2D eigenvalue weighted by atomic mass is 127. The highest BCUT2D eigenvalue weighted by Gasteiger charge is 2.11. The molecule has 4 heteroatoms. The molecule has 0 amide bonds. The van der Waals surface area contributed by atoms with Crippen LogP contribution >= 0.6 is 45.3 Å². The number of hydrogen-bond donors (Lipinski definition) is 0. The van der Waals surface area contributed by atoms with E-state index in [9.17, 15) is 4.79 Å². The van der Waals surface area contributed by atoms with Gasteiger partial charge in [-0.15, -0.1) is 22.7 Å². The number of hydrogen-bond acceptors (Lipinski definition) is 3. The Balaban J connectivity index is 2.33. The van der Waals surface area contributed by atoms with Gasteiger partial charge in [-0.2, -0.15) is 0 Å². The molecule has 0 bridgehead atoms. The minimum atomic E-state index is 0.133. The van der Waals surface area contributed by atoms with E-state index in [1.807, 2.05) is 29.8 Å². The van der Waals surface area contributed by atoms with Gasteiger partial charge in [0.2, 0.25) is 0 Å². The largest absolute Gasteiger partial charge is 0.289 e. The molecule has 0 N–H and O–H groups in total. The molecule has 0 aromatic carbocycles. The van der Waals surface area contributed by atoms with Crippen LogP contribution in [0.1, 0.15) is 20.8 Å². The summed E-state index contributed by atoms with van der Waals surface area (Å²) in [5.74, 6) is 0.133. The molecule has 0 spiro atoms. The van der Waals surface area contributed by atoms with Crippen LogP contribution < -0.4 is 0 Å². The summed E-state index contributed by atoms with van der Waals surface area (Å²) in [4.78, 5) is 13.1. The second kappa shape index (κ2) is 4.12. The summed E-state index contributed by atoms with van der Waals surface area (Å²) in [6.45, 7) is 2.01. The first-order valence-electron chi connectivity index (χ1n) is 4.00. The van der Waals surface area contributed by atoms with Crippen LogP contribution in [-0.4, -0.2) is 5.78 Å². The molecule has 72 valence electrons. The lowest BCUT2D eigenvalue weighted by Crippen LogP contribution is -1.96. The molecule has 14 heavy (non-hydrogen) atoms. The molecule has 2 rings (SSSR count). The molecule has 0 radical (unpaired) electrons. The van der Waals surface area contributed by atoms with E-state index in [0.29, 0.717) is 0 Å². The van der Waals surface area contributed by atoms with Crippen LogP contribution in [0.4, 0.5) is 0 Å². The summed E-state index contributed by atoms with van der Waals surface area (Å²) < 4.78 is 1.15. The number of rotatable bonds is 2. The first-order chi connectivity index (χ1) is 6.66. The molecule has 0 aliphatic carbocycles. The molecule has 0 aliphatic rings. The molecule has 2 aromatic heterocycles. The van der Waals surface area contributed by atoms with Crippen molar-refractivity contribution in [2.75, 3.05) is 0 Å². The van der Waals surface area contributed by atoms with Crippen molar-refractivity contribution >= 4 is 51.0 Å². The molecule has 0 unspecified atom stereocenters. The highest BCUT2D eigenvalue weighted by molar-refractivity contribution is 14.1. The smallest absolute Gasteiger partial charge is 0.194 e.